The van der Waals surface area contributed by atoms with Crippen molar-refractivity contribution in [3.63, 3.8) is 0 Å². The van der Waals surface area contributed by atoms with Crippen molar-refractivity contribution in [1.82, 2.24) is 10.2 Å². The van der Waals surface area contributed by atoms with Crippen LogP contribution in [0.4, 0.5) is 0 Å². The van der Waals surface area contributed by atoms with Gasteiger partial charge >= 0.3 is 0 Å². The van der Waals surface area contributed by atoms with Crippen LogP contribution >= 0.6 is 11.3 Å². The van der Waals surface area contributed by atoms with Gasteiger partial charge in [0.15, 0.2) is 0 Å². The van der Waals surface area contributed by atoms with Crippen LogP contribution in [0.15, 0.2) is 11.4 Å². The van der Waals surface area contributed by atoms with Crippen molar-refractivity contribution >= 4 is 17.2 Å². The van der Waals surface area contributed by atoms with E-state index in [9.17, 15) is 4.79 Å². The highest BCUT2D eigenvalue weighted by atomic mass is 32.1. The van der Waals surface area contributed by atoms with E-state index >= 15 is 0 Å². The molecule has 18 heavy (non-hydrogen) atoms. The summed E-state index contributed by atoms with van der Waals surface area (Å²) in [5.41, 5.74) is 1.12. The second kappa shape index (κ2) is 5.02. The van der Waals surface area contributed by atoms with E-state index < -0.39 is 0 Å². The molecule has 3 nitrogen and oxygen atoms in total. The number of nitrogens with zero attached hydrogens (tertiary/aromatic N) is 1. The predicted molar refractivity (Wildman–Crippen MR) is 74.0 cm³/mol. The molecule has 1 N–H and O–H groups in total. The lowest BCUT2D eigenvalue weighted by Gasteiger charge is -2.20. The Morgan fingerprint density at radius 2 is 2.00 bits per heavy atom. The fourth-order valence-electron chi connectivity index (χ4n) is 3.16. The first-order valence-corrected chi connectivity index (χ1v) is 7.68. The molecular formula is C14H20N2OS. The molecule has 1 amide bonds. The number of hydrogen-bond donors (Lipinski definition) is 1. The van der Waals surface area contributed by atoms with Crippen LogP contribution in [0.25, 0.3) is 0 Å². The number of fused-ring (bicyclic) bond motifs is 1. The molecule has 3 heterocycles. The minimum Gasteiger partial charge on any atom is -0.338 e. The summed E-state index contributed by atoms with van der Waals surface area (Å²) < 4.78 is 0. The highest BCUT2D eigenvalue weighted by molar-refractivity contribution is 7.12. The molecule has 2 saturated heterocycles. The van der Waals surface area contributed by atoms with Crippen molar-refractivity contribution in [3.05, 3.63) is 21.9 Å². The maximum Gasteiger partial charge on any atom is 0.264 e. The third kappa shape index (κ3) is 2.19. The average molecular weight is 264 g/mol. The molecule has 2 fully saturated rings. The summed E-state index contributed by atoms with van der Waals surface area (Å²) >= 11 is 1.58. The summed E-state index contributed by atoms with van der Waals surface area (Å²) in [6, 6.07) is 2.04. The fourth-order valence-corrected chi connectivity index (χ4v) is 4.05. The summed E-state index contributed by atoms with van der Waals surface area (Å²) in [4.78, 5) is 15.5. The molecule has 98 valence electrons. The van der Waals surface area contributed by atoms with Crippen LogP contribution in [0, 0.1) is 18.8 Å². The fraction of sp³-hybridized carbons (Fsp3) is 0.643. The highest BCUT2D eigenvalue weighted by Crippen LogP contribution is 2.28. The second-order valence-corrected chi connectivity index (χ2v) is 6.40. The van der Waals surface area contributed by atoms with Gasteiger partial charge in [0.05, 0.1) is 4.88 Å². The minimum atomic E-state index is 0.246. The molecule has 1 aromatic rings. The lowest BCUT2D eigenvalue weighted by molar-refractivity contribution is 0.0763. The molecule has 2 atom stereocenters. The largest absolute Gasteiger partial charge is 0.338 e. The lowest BCUT2D eigenvalue weighted by Crippen LogP contribution is -2.32. The molecule has 0 aromatic carbocycles. The standard InChI is InChI=1S/C14H20N2OS/c1-10-4-7-18-13(10)14(17)16-5-2-11-8-15-9-12(11)3-6-16/h4,7,11-12,15H,2-3,5-6,8-9H2,1H3/t11-,12+. The van der Waals surface area contributed by atoms with Gasteiger partial charge in [-0.05, 0) is 61.7 Å². The van der Waals surface area contributed by atoms with Gasteiger partial charge in [0, 0.05) is 13.1 Å². The number of hydrogen-bond acceptors (Lipinski definition) is 3. The predicted octanol–water partition coefficient (Wildman–Crippen LogP) is 2.13. The van der Waals surface area contributed by atoms with E-state index in [1.807, 2.05) is 18.4 Å². The van der Waals surface area contributed by atoms with Gasteiger partial charge in [0.2, 0.25) is 0 Å². The van der Waals surface area contributed by atoms with Gasteiger partial charge in [0.25, 0.3) is 5.91 Å². The average Bonchev–Trinajstić information content (AvgIpc) is 2.94. The first kappa shape index (κ1) is 12.2. The maximum atomic E-state index is 12.5. The zero-order valence-corrected chi connectivity index (χ0v) is 11.6. The topological polar surface area (TPSA) is 32.3 Å². The van der Waals surface area contributed by atoms with Crippen molar-refractivity contribution in [1.29, 1.82) is 0 Å². The zero-order valence-electron chi connectivity index (χ0n) is 10.8. The molecule has 0 aliphatic carbocycles. The van der Waals surface area contributed by atoms with E-state index in [2.05, 4.69) is 10.2 Å². The normalized spacial score (nSPS) is 27.9. The molecule has 2 aliphatic rings. The number of rotatable bonds is 1. The van der Waals surface area contributed by atoms with E-state index in [0.29, 0.717) is 0 Å². The van der Waals surface area contributed by atoms with Crippen LogP contribution in [0.1, 0.15) is 28.1 Å². The van der Waals surface area contributed by atoms with Gasteiger partial charge in [-0.15, -0.1) is 11.3 Å². The maximum absolute atomic E-state index is 12.5. The number of nitrogens with one attached hydrogen (secondary N) is 1. The molecule has 4 heteroatoms. The van der Waals surface area contributed by atoms with E-state index in [0.717, 1.165) is 61.3 Å². The molecule has 0 radical (unpaired) electrons. The minimum absolute atomic E-state index is 0.246. The van der Waals surface area contributed by atoms with Crippen LogP contribution in [0.5, 0.6) is 0 Å². The monoisotopic (exact) mass is 264 g/mol. The van der Waals surface area contributed by atoms with Gasteiger partial charge in [0.1, 0.15) is 0 Å². The molecule has 0 spiro atoms. The Bertz CT molecular complexity index is 429. The SMILES string of the molecule is Cc1ccsc1C(=O)N1CC[C@@H]2CNC[C@@H]2CC1. The van der Waals surface area contributed by atoms with Gasteiger partial charge in [-0.25, -0.2) is 0 Å². The molecule has 2 aliphatic heterocycles. The summed E-state index contributed by atoms with van der Waals surface area (Å²) in [5, 5.41) is 5.48. The Balaban J connectivity index is 1.70. The van der Waals surface area contributed by atoms with Gasteiger partial charge < -0.3 is 10.2 Å². The van der Waals surface area contributed by atoms with Gasteiger partial charge in [-0.1, -0.05) is 0 Å². The van der Waals surface area contributed by atoms with Crippen LogP contribution in [0.3, 0.4) is 0 Å². The Hall–Kier alpha value is -0.870. The second-order valence-electron chi connectivity index (χ2n) is 5.48. The van der Waals surface area contributed by atoms with Crippen molar-refractivity contribution in [2.24, 2.45) is 11.8 Å². The Morgan fingerprint density at radius 1 is 1.33 bits per heavy atom. The van der Waals surface area contributed by atoms with Crippen molar-refractivity contribution in [2.45, 2.75) is 19.8 Å². The summed E-state index contributed by atoms with van der Waals surface area (Å²) in [7, 11) is 0. The van der Waals surface area contributed by atoms with Crippen molar-refractivity contribution < 1.29 is 4.79 Å². The third-order valence-corrected chi connectivity index (χ3v) is 5.37. The molecule has 0 bridgehead atoms. The highest BCUT2D eigenvalue weighted by Gasteiger charge is 2.32. The molecular weight excluding hydrogens is 244 g/mol. The number of likely N-dealkylation sites (tertiary alicyclic amines) is 1. The first-order valence-electron chi connectivity index (χ1n) is 6.80. The number of carbonyl (C=O) groups excluding carboxylic acids is 1. The van der Waals surface area contributed by atoms with Crippen LogP contribution in [0.2, 0.25) is 0 Å². The van der Waals surface area contributed by atoms with Crippen LogP contribution in [-0.4, -0.2) is 37.0 Å². The summed E-state index contributed by atoms with van der Waals surface area (Å²) in [5.74, 6) is 1.81. The molecule has 0 unspecified atom stereocenters. The van der Waals surface area contributed by atoms with Crippen LogP contribution in [-0.2, 0) is 0 Å². The molecule has 1 aromatic heterocycles. The third-order valence-electron chi connectivity index (χ3n) is 4.36. The Kier molecular flexibility index (Phi) is 3.39. The van der Waals surface area contributed by atoms with E-state index in [1.54, 1.807) is 11.3 Å². The Labute approximate surface area is 112 Å². The quantitative estimate of drug-likeness (QED) is 0.843. The molecule has 0 saturated carbocycles. The van der Waals surface area contributed by atoms with Gasteiger partial charge in [-0.2, -0.15) is 0 Å². The first-order chi connectivity index (χ1) is 8.75. The number of thiophene rings is 1. The van der Waals surface area contributed by atoms with Crippen molar-refractivity contribution in [2.75, 3.05) is 26.2 Å². The number of amides is 1. The lowest BCUT2D eigenvalue weighted by atomic mass is 9.92. The summed E-state index contributed by atoms with van der Waals surface area (Å²) in [6.07, 6.45) is 2.32. The van der Waals surface area contributed by atoms with E-state index in [-0.39, 0.29) is 5.91 Å². The zero-order chi connectivity index (χ0) is 12.5. The number of aryl methyl sites for hydroxylation is 1. The number of carbonyl (C=O) groups is 1. The smallest absolute Gasteiger partial charge is 0.264 e. The van der Waals surface area contributed by atoms with E-state index in [4.69, 9.17) is 0 Å². The molecule has 3 rings (SSSR count). The summed E-state index contributed by atoms with van der Waals surface area (Å²) in [6.45, 7) is 6.17. The van der Waals surface area contributed by atoms with Crippen molar-refractivity contribution in [3.8, 4) is 0 Å². The van der Waals surface area contributed by atoms with E-state index in [1.165, 1.54) is 0 Å². The van der Waals surface area contributed by atoms with Gasteiger partial charge in [-0.3, -0.25) is 4.79 Å². The van der Waals surface area contributed by atoms with Crippen LogP contribution < -0.4 is 5.32 Å². The Morgan fingerprint density at radius 3 is 2.56 bits per heavy atom.